The third-order valence-corrected chi connectivity index (χ3v) is 6.29. The van der Waals surface area contributed by atoms with E-state index in [-0.39, 0.29) is 17.5 Å². The number of fused-ring (bicyclic) bond motifs is 1. The molecular weight excluding hydrogens is 466 g/mol. The summed E-state index contributed by atoms with van der Waals surface area (Å²) in [6.45, 7) is 6.95. The zero-order chi connectivity index (χ0) is 23.1. The van der Waals surface area contributed by atoms with Crippen LogP contribution in [-0.4, -0.2) is 26.9 Å². The van der Waals surface area contributed by atoms with Gasteiger partial charge in [0.2, 0.25) is 5.91 Å². The molecule has 1 amide bonds. The second-order valence-electron chi connectivity index (χ2n) is 8.07. The van der Waals surface area contributed by atoms with Crippen molar-refractivity contribution in [2.75, 3.05) is 6.54 Å². The Balaban J connectivity index is 2.22. The molecule has 0 aliphatic rings. The van der Waals surface area contributed by atoms with Gasteiger partial charge >= 0.3 is 0 Å². The van der Waals surface area contributed by atoms with Crippen LogP contribution in [0.15, 0.2) is 57.8 Å². The predicted molar refractivity (Wildman–Crippen MR) is 134 cm³/mol. The van der Waals surface area contributed by atoms with E-state index >= 15 is 0 Å². The summed E-state index contributed by atoms with van der Waals surface area (Å²) in [5.41, 5.74) is 1.31. The van der Waals surface area contributed by atoms with E-state index in [4.69, 9.17) is 4.98 Å². The van der Waals surface area contributed by atoms with Gasteiger partial charge in [0.15, 0.2) is 0 Å². The minimum absolute atomic E-state index is 0.108. The van der Waals surface area contributed by atoms with Gasteiger partial charge in [-0.2, -0.15) is 0 Å². The van der Waals surface area contributed by atoms with Crippen molar-refractivity contribution in [1.29, 1.82) is 0 Å². The maximum absolute atomic E-state index is 13.6. The lowest BCUT2D eigenvalue weighted by Crippen LogP contribution is -2.39. The molecule has 1 heterocycles. The van der Waals surface area contributed by atoms with Gasteiger partial charge in [0, 0.05) is 17.4 Å². The molecule has 0 fully saturated rings. The molecule has 0 aliphatic carbocycles. The molecule has 1 unspecified atom stereocenters. The SMILES string of the molecule is CCCCC(=O)N(CCCC)C(CC)c1nc2ccccc2c(=O)n1-c1ccc(Br)cc1. The number of carbonyl (C=O) groups excluding carboxylic acids is 1. The molecule has 6 heteroatoms. The molecule has 0 saturated carbocycles. The van der Waals surface area contributed by atoms with E-state index in [1.54, 1.807) is 4.57 Å². The minimum atomic E-state index is -0.271. The van der Waals surface area contributed by atoms with E-state index in [0.717, 1.165) is 35.8 Å². The topological polar surface area (TPSA) is 55.2 Å². The van der Waals surface area contributed by atoms with E-state index in [1.165, 1.54) is 0 Å². The Bertz CT molecular complexity index is 1110. The normalized spacial score (nSPS) is 12.1. The lowest BCUT2D eigenvalue weighted by molar-refractivity contribution is -0.134. The van der Waals surface area contributed by atoms with Gasteiger partial charge in [-0.05, 0) is 55.7 Å². The van der Waals surface area contributed by atoms with E-state index in [2.05, 4.69) is 36.7 Å². The Morgan fingerprint density at radius 3 is 2.38 bits per heavy atom. The fourth-order valence-electron chi connectivity index (χ4n) is 4.01. The van der Waals surface area contributed by atoms with E-state index in [9.17, 15) is 9.59 Å². The maximum Gasteiger partial charge on any atom is 0.266 e. The van der Waals surface area contributed by atoms with Crippen LogP contribution in [0.2, 0.25) is 0 Å². The first-order valence-electron chi connectivity index (χ1n) is 11.6. The minimum Gasteiger partial charge on any atom is -0.333 e. The van der Waals surface area contributed by atoms with Crippen LogP contribution in [0, 0.1) is 0 Å². The Kier molecular flexibility index (Phi) is 8.62. The highest BCUT2D eigenvalue weighted by Crippen LogP contribution is 2.27. The van der Waals surface area contributed by atoms with Crippen LogP contribution in [0.3, 0.4) is 0 Å². The summed E-state index contributed by atoms with van der Waals surface area (Å²) in [6.07, 6.45) is 4.96. The summed E-state index contributed by atoms with van der Waals surface area (Å²) in [4.78, 5) is 33.8. The number of rotatable bonds is 10. The van der Waals surface area contributed by atoms with Crippen LogP contribution in [0.25, 0.3) is 16.6 Å². The Labute approximate surface area is 198 Å². The van der Waals surface area contributed by atoms with Crippen molar-refractivity contribution < 1.29 is 4.79 Å². The second kappa shape index (κ2) is 11.4. The van der Waals surface area contributed by atoms with Crippen LogP contribution in [0.5, 0.6) is 0 Å². The highest BCUT2D eigenvalue weighted by Gasteiger charge is 2.28. The van der Waals surface area contributed by atoms with E-state index in [0.29, 0.717) is 36.1 Å². The Morgan fingerprint density at radius 2 is 1.72 bits per heavy atom. The van der Waals surface area contributed by atoms with Crippen molar-refractivity contribution in [1.82, 2.24) is 14.5 Å². The number of carbonyl (C=O) groups is 1. The summed E-state index contributed by atoms with van der Waals surface area (Å²) >= 11 is 3.48. The van der Waals surface area contributed by atoms with Crippen LogP contribution in [0.1, 0.15) is 71.2 Å². The molecule has 3 rings (SSSR count). The fraction of sp³-hybridized carbons (Fsp3) is 0.423. The molecule has 170 valence electrons. The first-order chi connectivity index (χ1) is 15.5. The number of nitrogens with zero attached hydrogens (tertiary/aromatic N) is 3. The number of benzene rings is 2. The molecule has 5 nitrogen and oxygen atoms in total. The zero-order valence-corrected chi connectivity index (χ0v) is 20.8. The van der Waals surface area contributed by atoms with Gasteiger partial charge in [-0.15, -0.1) is 0 Å². The van der Waals surface area contributed by atoms with Crippen molar-refractivity contribution in [2.45, 2.75) is 65.3 Å². The molecule has 0 saturated heterocycles. The molecule has 0 N–H and O–H groups in total. The number of unbranched alkanes of at least 4 members (excludes halogenated alkanes) is 2. The molecule has 1 atom stereocenters. The average Bonchev–Trinajstić information content (AvgIpc) is 2.81. The lowest BCUT2D eigenvalue weighted by Gasteiger charge is -2.32. The molecule has 1 aromatic heterocycles. The molecule has 0 aliphatic heterocycles. The number of hydrogen-bond donors (Lipinski definition) is 0. The number of hydrogen-bond acceptors (Lipinski definition) is 3. The molecule has 0 radical (unpaired) electrons. The quantitative estimate of drug-likeness (QED) is 0.324. The number of para-hydroxylation sites is 1. The summed E-state index contributed by atoms with van der Waals surface area (Å²) in [7, 11) is 0. The van der Waals surface area contributed by atoms with Gasteiger partial charge in [-0.1, -0.05) is 61.7 Å². The molecule has 3 aromatic rings. The summed E-state index contributed by atoms with van der Waals surface area (Å²) < 4.78 is 2.63. The predicted octanol–water partition coefficient (Wildman–Crippen LogP) is 6.42. The first kappa shape index (κ1) is 24.2. The largest absolute Gasteiger partial charge is 0.333 e. The number of aromatic nitrogens is 2. The van der Waals surface area contributed by atoms with E-state index < -0.39 is 0 Å². The average molecular weight is 498 g/mol. The lowest BCUT2D eigenvalue weighted by atomic mass is 10.1. The van der Waals surface area contributed by atoms with E-state index in [1.807, 2.05) is 53.4 Å². The summed E-state index contributed by atoms with van der Waals surface area (Å²) in [5.74, 6) is 0.761. The van der Waals surface area contributed by atoms with Gasteiger partial charge < -0.3 is 4.90 Å². The maximum atomic E-state index is 13.6. The highest BCUT2D eigenvalue weighted by molar-refractivity contribution is 9.10. The van der Waals surface area contributed by atoms with Crippen molar-refractivity contribution in [3.05, 3.63) is 69.2 Å². The highest BCUT2D eigenvalue weighted by atomic mass is 79.9. The summed E-state index contributed by atoms with van der Waals surface area (Å²) in [5, 5.41) is 0.575. The monoisotopic (exact) mass is 497 g/mol. The van der Waals surface area contributed by atoms with Gasteiger partial charge in [-0.3, -0.25) is 14.2 Å². The van der Waals surface area contributed by atoms with Crippen LogP contribution < -0.4 is 5.56 Å². The van der Waals surface area contributed by atoms with Crippen LogP contribution >= 0.6 is 15.9 Å². The van der Waals surface area contributed by atoms with Crippen LogP contribution in [0.4, 0.5) is 0 Å². The molecule has 32 heavy (non-hydrogen) atoms. The first-order valence-corrected chi connectivity index (χ1v) is 12.4. The Morgan fingerprint density at radius 1 is 1.03 bits per heavy atom. The van der Waals surface area contributed by atoms with Gasteiger partial charge in [0.1, 0.15) is 5.82 Å². The van der Waals surface area contributed by atoms with Crippen molar-refractivity contribution in [3.8, 4) is 5.69 Å². The molecule has 0 spiro atoms. The van der Waals surface area contributed by atoms with Crippen molar-refractivity contribution >= 4 is 32.7 Å². The second-order valence-corrected chi connectivity index (χ2v) is 8.99. The number of halogens is 1. The molecular formula is C26H32BrN3O2. The van der Waals surface area contributed by atoms with Crippen molar-refractivity contribution in [3.63, 3.8) is 0 Å². The smallest absolute Gasteiger partial charge is 0.266 e. The van der Waals surface area contributed by atoms with Gasteiger partial charge in [0.25, 0.3) is 5.56 Å². The number of amides is 1. The van der Waals surface area contributed by atoms with Crippen molar-refractivity contribution in [2.24, 2.45) is 0 Å². The Hall–Kier alpha value is -2.47. The molecule has 0 bridgehead atoms. The van der Waals surface area contributed by atoms with Crippen LogP contribution in [-0.2, 0) is 4.79 Å². The zero-order valence-electron chi connectivity index (χ0n) is 19.2. The van der Waals surface area contributed by atoms with Gasteiger partial charge in [-0.25, -0.2) is 4.98 Å². The third kappa shape index (κ3) is 5.29. The fourth-order valence-corrected chi connectivity index (χ4v) is 4.27. The standard InChI is InChI=1S/C26H32BrN3O2/c1-4-7-13-24(31)29(18-8-5-2)23(6-3)25-28-22-12-10-9-11-21(22)26(32)30(25)20-16-14-19(27)15-17-20/h9-12,14-17,23H,4-8,13,18H2,1-3H3. The third-order valence-electron chi connectivity index (χ3n) is 5.76. The molecule has 2 aromatic carbocycles. The van der Waals surface area contributed by atoms with Gasteiger partial charge in [0.05, 0.1) is 22.6 Å². The summed E-state index contributed by atoms with van der Waals surface area (Å²) in [6, 6.07) is 14.8.